The summed E-state index contributed by atoms with van der Waals surface area (Å²) >= 11 is 5.53. The Labute approximate surface area is 385 Å². The number of halogens is 2. The number of hydrogen-bond acceptors (Lipinski definition) is 15. The summed E-state index contributed by atoms with van der Waals surface area (Å²) in [6.07, 6.45) is 4.27. The summed E-state index contributed by atoms with van der Waals surface area (Å²) in [5, 5.41) is 39.0. The van der Waals surface area contributed by atoms with E-state index in [-0.39, 0.29) is 47.4 Å². The molecule has 5 aromatic carbocycles. The molecule has 0 aliphatic heterocycles. The minimum Gasteiger partial charge on any atom is -0.508 e. The van der Waals surface area contributed by atoms with Crippen LogP contribution in [0.2, 0.25) is 5.35 Å². The second-order valence-corrected chi connectivity index (χ2v) is 14.0. The van der Waals surface area contributed by atoms with Gasteiger partial charge in [0.1, 0.15) is 35.4 Å². The smallest absolute Gasteiger partial charge is 0.328 e. The van der Waals surface area contributed by atoms with E-state index in [4.69, 9.17) is 52.0 Å². The predicted octanol–water partition coefficient (Wildman–Crippen LogP) is 7.44. The molecule has 342 valence electrons. The number of oxazole rings is 2. The highest BCUT2D eigenvalue weighted by Crippen LogP contribution is 2.24. The maximum atomic E-state index is 12.1. The number of hydrogen-bond donors (Lipinski definition) is 7. The molecular formula is C47H49Cl2N5O11. The average Bonchev–Trinajstić information content (AvgIpc) is 3.98. The topological polar surface area (TPSA) is 267 Å². The van der Waals surface area contributed by atoms with E-state index in [2.05, 4.69) is 20.0 Å². The maximum Gasteiger partial charge on any atom is 0.328 e. The molecule has 2 aromatic heterocycles. The minimum absolute atomic E-state index is 0. The third-order valence-corrected chi connectivity index (χ3v) is 9.04. The Hall–Kier alpha value is -7.37. The van der Waals surface area contributed by atoms with E-state index in [0.29, 0.717) is 24.4 Å². The fourth-order valence-electron chi connectivity index (χ4n) is 5.51. The summed E-state index contributed by atoms with van der Waals surface area (Å²) < 4.78 is 20.2. The molecule has 0 saturated carbocycles. The van der Waals surface area contributed by atoms with Crippen molar-refractivity contribution in [1.29, 1.82) is 0 Å². The highest BCUT2D eigenvalue weighted by molar-refractivity contribution is 6.27. The number of carbonyl (C=O) groups excluding carboxylic acids is 2. The number of carboxylic acid groups (broad SMARTS) is 1. The summed E-state index contributed by atoms with van der Waals surface area (Å²) in [7, 11) is 2.64. The van der Waals surface area contributed by atoms with Gasteiger partial charge in [-0.1, -0.05) is 97.1 Å². The number of carboxylic acids is 1. The van der Waals surface area contributed by atoms with Crippen molar-refractivity contribution >= 4 is 47.9 Å². The molecule has 0 aliphatic carbocycles. The molecule has 7 rings (SSSR count). The Bertz CT molecular complexity index is 2470. The lowest BCUT2D eigenvalue weighted by atomic mass is 10.1. The van der Waals surface area contributed by atoms with Crippen molar-refractivity contribution in [2.45, 2.75) is 37.4 Å². The van der Waals surface area contributed by atoms with E-state index in [1.807, 2.05) is 60.7 Å². The van der Waals surface area contributed by atoms with Crippen molar-refractivity contribution in [3.63, 3.8) is 0 Å². The number of nitrogens with two attached hydrogens (primary N) is 2. The lowest BCUT2D eigenvalue weighted by Gasteiger charge is -2.15. The number of rotatable bonds is 13. The predicted molar refractivity (Wildman–Crippen MR) is 247 cm³/mol. The van der Waals surface area contributed by atoms with Crippen molar-refractivity contribution < 1.29 is 53.1 Å². The Morgan fingerprint density at radius 3 is 1.40 bits per heavy atom. The number of ether oxygens (including phenoxy) is 2. The van der Waals surface area contributed by atoms with Crippen molar-refractivity contribution in [2.24, 2.45) is 11.5 Å². The molecule has 0 fully saturated rings. The number of aromatic hydroxyl groups is 3. The van der Waals surface area contributed by atoms with Gasteiger partial charge in [0.25, 0.3) is 11.4 Å². The van der Waals surface area contributed by atoms with Gasteiger partial charge < -0.3 is 55.5 Å². The number of phenolic OH excluding ortho intramolecular Hbond substituents is 3. The van der Waals surface area contributed by atoms with Crippen LogP contribution in [0.15, 0.2) is 155 Å². The molecular weight excluding hydrogens is 881 g/mol. The number of phenols is 3. The van der Waals surface area contributed by atoms with Crippen molar-refractivity contribution in [2.75, 3.05) is 19.5 Å². The van der Waals surface area contributed by atoms with E-state index in [0.717, 1.165) is 27.8 Å². The fraction of sp³-hybridized carbons (Fsp3) is 0.170. The molecule has 0 amide bonds. The lowest BCUT2D eigenvalue weighted by Crippen LogP contribution is -2.33. The van der Waals surface area contributed by atoms with Gasteiger partial charge in [-0.3, -0.25) is 9.59 Å². The number of methoxy groups -OCH3 is 2. The Morgan fingerprint density at radius 1 is 0.600 bits per heavy atom. The van der Waals surface area contributed by atoms with Crippen molar-refractivity contribution in [3.05, 3.63) is 168 Å². The molecule has 2 heterocycles. The van der Waals surface area contributed by atoms with Gasteiger partial charge in [0.15, 0.2) is 11.5 Å². The van der Waals surface area contributed by atoms with Gasteiger partial charge in [0, 0.05) is 17.5 Å². The first-order valence-corrected chi connectivity index (χ1v) is 19.8. The molecule has 16 nitrogen and oxygen atoms in total. The van der Waals surface area contributed by atoms with Crippen LogP contribution >= 0.6 is 24.0 Å². The zero-order valence-corrected chi connectivity index (χ0v) is 36.8. The third-order valence-electron chi connectivity index (χ3n) is 8.86. The van der Waals surface area contributed by atoms with Crippen LogP contribution in [0, 0.1) is 0 Å². The van der Waals surface area contributed by atoms with Gasteiger partial charge in [-0.05, 0) is 77.5 Å². The second-order valence-electron chi connectivity index (χ2n) is 13.6. The number of aliphatic carboxylic acids is 1. The first kappa shape index (κ1) is 52.0. The standard InChI is InChI=1S/C19H18N2O4.C10H13NO3.C9H6ClNO.C9H11NO3.ClH/c1-24-18(23)16(11-13-7-9-15(22)10-8-13)21-19-20-12-17(25-19)14-5-3-2-4-6-14;1-14-10(13)9(11)6-7-2-4-8(12)5-3-7;10-9-11-6-8(12-9)7-4-2-1-3-5-7;10-8(9(12)13)5-6-1-3-7(11)4-2-6;/h2-10,12,16,22H,11H2,1H3,(H,20,21);2-5,9,12H,6,11H2,1H3;1-6H;1-4,8,11H,5,10H2,(H,12,13);1H/t16-;9-;;8-;/m00.0./s1. The molecule has 0 unspecified atom stereocenters. The minimum atomic E-state index is -1.02. The van der Waals surface area contributed by atoms with Crippen LogP contribution < -0.4 is 16.8 Å². The second kappa shape index (κ2) is 27.0. The quantitative estimate of drug-likeness (QED) is 0.0554. The van der Waals surface area contributed by atoms with Gasteiger partial charge in [0.05, 0.1) is 26.6 Å². The maximum absolute atomic E-state index is 12.1. The molecule has 0 aliphatic rings. The number of esters is 2. The van der Waals surface area contributed by atoms with Gasteiger partial charge in [-0.25, -0.2) is 14.8 Å². The van der Waals surface area contributed by atoms with E-state index in [1.54, 1.807) is 73.1 Å². The molecule has 18 heteroatoms. The number of nitrogens with one attached hydrogen (secondary N) is 1. The summed E-state index contributed by atoms with van der Waals surface area (Å²) in [6.45, 7) is 0. The largest absolute Gasteiger partial charge is 0.508 e. The monoisotopic (exact) mass is 929 g/mol. The molecule has 65 heavy (non-hydrogen) atoms. The fourth-order valence-corrected chi connectivity index (χ4v) is 5.64. The zero-order valence-electron chi connectivity index (χ0n) is 35.2. The SMILES string of the molecule is COC(=O)[C@@H](N)Cc1ccc(O)cc1.COC(=O)[C@H](Cc1ccc(O)cc1)Nc1ncc(-c2ccccc2)o1.Cl.Clc1ncc(-c2ccccc2)o1.N[C@@H](Cc1ccc(O)cc1)C(=O)O. The first-order valence-electron chi connectivity index (χ1n) is 19.4. The summed E-state index contributed by atoms with van der Waals surface area (Å²) in [5.41, 5.74) is 15.3. The van der Waals surface area contributed by atoms with E-state index < -0.39 is 36.0 Å². The van der Waals surface area contributed by atoms with Crippen LogP contribution in [-0.4, -0.2) is 80.6 Å². The molecule has 0 saturated heterocycles. The number of aromatic nitrogens is 2. The van der Waals surface area contributed by atoms with Gasteiger partial charge >= 0.3 is 17.9 Å². The van der Waals surface area contributed by atoms with Crippen LogP contribution in [0.3, 0.4) is 0 Å². The van der Waals surface area contributed by atoms with Gasteiger partial charge in [-0.2, -0.15) is 0 Å². The van der Waals surface area contributed by atoms with Crippen LogP contribution in [0.1, 0.15) is 16.7 Å². The highest BCUT2D eigenvalue weighted by atomic mass is 35.5. The van der Waals surface area contributed by atoms with Crippen LogP contribution in [-0.2, 0) is 43.1 Å². The zero-order chi connectivity index (χ0) is 46.4. The van der Waals surface area contributed by atoms with Gasteiger partial charge in [-0.15, -0.1) is 12.4 Å². The molecule has 0 spiro atoms. The average molecular weight is 931 g/mol. The molecule has 9 N–H and O–H groups in total. The van der Waals surface area contributed by atoms with Crippen LogP contribution in [0.25, 0.3) is 22.6 Å². The molecule has 0 bridgehead atoms. The molecule has 3 atom stereocenters. The number of anilines is 1. The summed E-state index contributed by atoms with van der Waals surface area (Å²) in [5.74, 6) is -0.0461. The van der Waals surface area contributed by atoms with E-state index in [9.17, 15) is 19.5 Å². The highest BCUT2D eigenvalue weighted by Gasteiger charge is 2.22. The number of benzene rings is 5. The number of carbonyl (C=O) groups is 3. The summed E-state index contributed by atoms with van der Waals surface area (Å²) in [6, 6.07) is 36.8. The third kappa shape index (κ3) is 18.1. The van der Waals surface area contributed by atoms with Gasteiger partial charge in [0.2, 0.25) is 0 Å². The Kier molecular flexibility index (Phi) is 21.6. The van der Waals surface area contributed by atoms with Crippen molar-refractivity contribution in [3.8, 4) is 39.9 Å². The van der Waals surface area contributed by atoms with E-state index >= 15 is 0 Å². The normalized spacial score (nSPS) is 11.5. The van der Waals surface area contributed by atoms with Crippen molar-refractivity contribution in [1.82, 2.24) is 9.97 Å². The molecule has 0 radical (unpaired) electrons. The van der Waals surface area contributed by atoms with Crippen LogP contribution in [0.5, 0.6) is 17.2 Å². The summed E-state index contributed by atoms with van der Waals surface area (Å²) in [4.78, 5) is 41.4. The van der Waals surface area contributed by atoms with E-state index in [1.165, 1.54) is 26.4 Å². The Morgan fingerprint density at radius 2 is 1.00 bits per heavy atom. The lowest BCUT2D eigenvalue weighted by molar-refractivity contribution is -0.142. The Balaban J connectivity index is 0.000000242. The first-order chi connectivity index (χ1) is 30.7. The molecule has 7 aromatic rings. The van der Waals surface area contributed by atoms with Crippen LogP contribution in [0.4, 0.5) is 6.01 Å². The number of nitrogens with zero attached hydrogens (tertiary/aromatic N) is 2.